The lowest BCUT2D eigenvalue weighted by molar-refractivity contribution is 0.0530. The number of rotatable bonds is 4. The zero-order valence-electron chi connectivity index (χ0n) is 16.9. The number of anilines is 1. The summed E-state index contributed by atoms with van der Waals surface area (Å²) in [5, 5.41) is 0. The van der Waals surface area contributed by atoms with Gasteiger partial charge in [0.05, 0.1) is 6.54 Å². The van der Waals surface area contributed by atoms with Gasteiger partial charge in [0.25, 0.3) is 0 Å². The summed E-state index contributed by atoms with van der Waals surface area (Å²) in [4.78, 5) is 17.7. The molecule has 0 radical (unpaired) electrons. The number of benzene rings is 1. The zero-order chi connectivity index (χ0) is 20.1. The highest BCUT2D eigenvalue weighted by atomic mass is 127. The quantitative estimate of drug-likeness (QED) is 0.375. The third-order valence-electron chi connectivity index (χ3n) is 5.89. The molecule has 1 aromatic heterocycles. The molecule has 162 valence electrons. The van der Waals surface area contributed by atoms with E-state index in [-0.39, 0.29) is 35.2 Å². The Bertz CT molecular complexity index is 821. The van der Waals surface area contributed by atoms with Crippen molar-refractivity contribution < 1.29 is 9.13 Å². The molecule has 30 heavy (non-hydrogen) atoms. The van der Waals surface area contributed by atoms with Gasteiger partial charge in [-0.25, -0.2) is 14.4 Å². The van der Waals surface area contributed by atoms with Gasteiger partial charge in [0.1, 0.15) is 5.82 Å². The zero-order valence-corrected chi connectivity index (χ0v) is 19.2. The van der Waals surface area contributed by atoms with Crippen LogP contribution in [-0.4, -0.2) is 66.8 Å². The lowest BCUT2D eigenvalue weighted by Crippen LogP contribution is -2.52. The van der Waals surface area contributed by atoms with E-state index in [0.29, 0.717) is 25.7 Å². The molecule has 0 atom stereocenters. The Morgan fingerprint density at radius 2 is 1.70 bits per heavy atom. The van der Waals surface area contributed by atoms with Gasteiger partial charge in [-0.3, -0.25) is 4.99 Å². The first-order valence-electron chi connectivity index (χ1n) is 10.1. The standard InChI is InChI=1S/C21H27FN6O.HI/c22-18-4-2-17(3-5-18)21(6-14-29-15-7-21)16-26-19(23)27-10-12-28(13-11-27)20-24-8-1-9-25-20;/h1-5,8-9H,6-7,10-16H2,(H2,23,26);1H. The fourth-order valence-electron chi connectivity index (χ4n) is 4.03. The molecule has 2 aliphatic rings. The van der Waals surface area contributed by atoms with E-state index in [4.69, 9.17) is 15.5 Å². The van der Waals surface area contributed by atoms with Crippen molar-refractivity contribution in [2.75, 3.05) is 50.8 Å². The summed E-state index contributed by atoms with van der Waals surface area (Å²) in [7, 11) is 0. The van der Waals surface area contributed by atoms with Crippen LogP contribution >= 0.6 is 24.0 Å². The molecule has 9 heteroatoms. The van der Waals surface area contributed by atoms with Crippen LogP contribution in [-0.2, 0) is 10.2 Å². The minimum Gasteiger partial charge on any atom is -0.381 e. The summed E-state index contributed by atoms with van der Waals surface area (Å²) in [6.45, 7) is 5.11. The van der Waals surface area contributed by atoms with Crippen LogP contribution in [0.3, 0.4) is 0 Å². The largest absolute Gasteiger partial charge is 0.381 e. The first-order chi connectivity index (χ1) is 14.2. The van der Waals surface area contributed by atoms with Gasteiger partial charge in [-0.1, -0.05) is 12.1 Å². The third-order valence-corrected chi connectivity index (χ3v) is 5.89. The first-order valence-corrected chi connectivity index (χ1v) is 10.1. The van der Waals surface area contributed by atoms with E-state index in [1.807, 2.05) is 18.2 Å². The normalized spacial score (nSPS) is 19.3. The second kappa shape index (κ2) is 10.3. The Morgan fingerprint density at radius 1 is 1.07 bits per heavy atom. The number of nitrogens with zero attached hydrogens (tertiary/aromatic N) is 5. The van der Waals surface area contributed by atoms with Gasteiger partial charge in [-0.15, -0.1) is 24.0 Å². The maximum atomic E-state index is 13.4. The molecule has 0 amide bonds. The summed E-state index contributed by atoms with van der Waals surface area (Å²) >= 11 is 0. The molecule has 1 aromatic carbocycles. The van der Waals surface area contributed by atoms with Crippen molar-refractivity contribution in [2.24, 2.45) is 10.7 Å². The summed E-state index contributed by atoms with van der Waals surface area (Å²) in [6.07, 6.45) is 5.23. The number of piperazine rings is 1. The van der Waals surface area contributed by atoms with Crippen LogP contribution in [0.25, 0.3) is 0 Å². The first kappa shape index (κ1) is 22.7. The Labute approximate surface area is 193 Å². The molecule has 0 bridgehead atoms. The maximum Gasteiger partial charge on any atom is 0.225 e. The minimum atomic E-state index is -0.223. The fourth-order valence-corrected chi connectivity index (χ4v) is 4.03. The van der Waals surface area contributed by atoms with E-state index in [0.717, 1.165) is 50.5 Å². The van der Waals surface area contributed by atoms with E-state index < -0.39 is 0 Å². The molecule has 2 fully saturated rings. The maximum absolute atomic E-state index is 13.4. The number of aliphatic imine (C=N–C) groups is 1. The van der Waals surface area contributed by atoms with Crippen LogP contribution in [0.15, 0.2) is 47.7 Å². The SMILES string of the molecule is I.NC(=NCC1(c2ccc(F)cc2)CCOCC1)N1CCN(c2ncccn2)CC1. The van der Waals surface area contributed by atoms with Gasteiger partial charge in [0.2, 0.25) is 5.95 Å². The van der Waals surface area contributed by atoms with Gasteiger partial charge in [-0.05, 0) is 36.6 Å². The van der Waals surface area contributed by atoms with Crippen molar-refractivity contribution in [3.8, 4) is 0 Å². The highest BCUT2D eigenvalue weighted by Gasteiger charge is 2.34. The van der Waals surface area contributed by atoms with Crippen LogP contribution in [0.4, 0.5) is 10.3 Å². The number of halogens is 2. The molecule has 2 saturated heterocycles. The van der Waals surface area contributed by atoms with Gasteiger partial charge in [0.15, 0.2) is 5.96 Å². The molecule has 0 spiro atoms. The van der Waals surface area contributed by atoms with Crippen LogP contribution in [0.2, 0.25) is 0 Å². The molecule has 2 aromatic rings. The monoisotopic (exact) mass is 526 g/mol. The Kier molecular flexibility index (Phi) is 7.81. The second-order valence-electron chi connectivity index (χ2n) is 7.60. The average Bonchev–Trinajstić information content (AvgIpc) is 2.79. The number of aromatic nitrogens is 2. The van der Waals surface area contributed by atoms with E-state index in [1.54, 1.807) is 12.4 Å². The smallest absolute Gasteiger partial charge is 0.225 e. The van der Waals surface area contributed by atoms with Crippen molar-refractivity contribution in [1.82, 2.24) is 14.9 Å². The predicted molar refractivity (Wildman–Crippen MR) is 126 cm³/mol. The van der Waals surface area contributed by atoms with Crippen LogP contribution in [0.5, 0.6) is 0 Å². The van der Waals surface area contributed by atoms with Gasteiger partial charge < -0.3 is 20.3 Å². The molecule has 0 saturated carbocycles. The molecule has 0 aliphatic carbocycles. The lowest BCUT2D eigenvalue weighted by Gasteiger charge is -2.38. The molecular weight excluding hydrogens is 498 g/mol. The Balaban J connectivity index is 0.00000256. The average molecular weight is 526 g/mol. The lowest BCUT2D eigenvalue weighted by atomic mass is 9.74. The number of hydrogen-bond acceptors (Lipinski definition) is 5. The van der Waals surface area contributed by atoms with Crippen molar-refractivity contribution in [2.45, 2.75) is 18.3 Å². The van der Waals surface area contributed by atoms with Crippen molar-refractivity contribution in [1.29, 1.82) is 0 Å². The summed E-state index contributed by atoms with van der Waals surface area (Å²) < 4.78 is 19.0. The van der Waals surface area contributed by atoms with Crippen molar-refractivity contribution in [3.05, 3.63) is 54.1 Å². The van der Waals surface area contributed by atoms with Gasteiger partial charge in [-0.2, -0.15) is 0 Å². The molecule has 4 rings (SSSR count). The Morgan fingerprint density at radius 3 is 2.33 bits per heavy atom. The van der Waals surface area contributed by atoms with E-state index >= 15 is 0 Å². The van der Waals surface area contributed by atoms with E-state index in [1.165, 1.54) is 12.1 Å². The van der Waals surface area contributed by atoms with Crippen molar-refractivity contribution in [3.63, 3.8) is 0 Å². The molecular formula is C21H28FIN6O. The number of hydrogen-bond donors (Lipinski definition) is 1. The van der Waals surface area contributed by atoms with Gasteiger partial charge >= 0.3 is 0 Å². The van der Waals surface area contributed by atoms with E-state index in [2.05, 4.69) is 19.8 Å². The van der Waals surface area contributed by atoms with Crippen molar-refractivity contribution >= 4 is 35.9 Å². The second-order valence-corrected chi connectivity index (χ2v) is 7.60. The number of nitrogens with two attached hydrogens (primary N) is 1. The van der Waals surface area contributed by atoms with E-state index in [9.17, 15) is 4.39 Å². The predicted octanol–water partition coefficient (Wildman–Crippen LogP) is 2.42. The Hall–Kier alpha value is -2.01. The molecule has 2 aliphatic heterocycles. The summed E-state index contributed by atoms with van der Waals surface area (Å²) in [6, 6.07) is 8.59. The molecule has 0 unspecified atom stereocenters. The van der Waals surface area contributed by atoms with Crippen LogP contribution < -0.4 is 10.6 Å². The summed E-state index contributed by atoms with van der Waals surface area (Å²) in [5.41, 5.74) is 7.29. The van der Waals surface area contributed by atoms with Crippen LogP contribution in [0.1, 0.15) is 18.4 Å². The number of guanidine groups is 1. The fraction of sp³-hybridized carbons (Fsp3) is 0.476. The minimum absolute atomic E-state index is 0. The summed E-state index contributed by atoms with van der Waals surface area (Å²) in [5.74, 6) is 1.09. The third kappa shape index (κ3) is 5.18. The molecule has 2 N–H and O–H groups in total. The highest BCUT2D eigenvalue weighted by molar-refractivity contribution is 14.0. The van der Waals surface area contributed by atoms with Crippen LogP contribution in [0, 0.1) is 5.82 Å². The topological polar surface area (TPSA) is 79.9 Å². The molecule has 7 nitrogen and oxygen atoms in total. The van der Waals surface area contributed by atoms with Gasteiger partial charge in [0, 0.05) is 57.2 Å². The number of ether oxygens (including phenoxy) is 1. The highest BCUT2D eigenvalue weighted by Crippen LogP contribution is 2.35. The molecule has 3 heterocycles.